The van der Waals surface area contributed by atoms with Gasteiger partial charge in [0.15, 0.2) is 9.84 Å². The Morgan fingerprint density at radius 2 is 2.04 bits per heavy atom. The van der Waals surface area contributed by atoms with Crippen molar-refractivity contribution in [1.82, 2.24) is 14.7 Å². The first-order chi connectivity index (χ1) is 13.4. The Kier molecular flexibility index (Phi) is 5.99. The van der Waals surface area contributed by atoms with Gasteiger partial charge >= 0.3 is 0 Å². The summed E-state index contributed by atoms with van der Waals surface area (Å²) >= 11 is 0. The van der Waals surface area contributed by atoms with Gasteiger partial charge in [0.25, 0.3) is 5.91 Å². The van der Waals surface area contributed by atoms with Gasteiger partial charge in [-0.2, -0.15) is 0 Å². The lowest BCUT2D eigenvalue weighted by molar-refractivity contribution is 0.0955. The molecule has 8 heteroatoms. The normalized spacial score (nSPS) is 11.5. The zero-order chi connectivity index (χ0) is 20.1. The first-order valence-electron chi connectivity index (χ1n) is 9.02. The highest BCUT2D eigenvalue weighted by Gasteiger charge is 2.11. The molecule has 0 bridgehead atoms. The molecule has 0 aliphatic heterocycles. The van der Waals surface area contributed by atoms with E-state index in [4.69, 9.17) is 4.74 Å². The van der Waals surface area contributed by atoms with Crippen molar-refractivity contribution in [3.05, 3.63) is 65.6 Å². The molecule has 0 aliphatic rings. The molecule has 2 aromatic heterocycles. The van der Waals surface area contributed by atoms with Crippen molar-refractivity contribution in [3.8, 4) is 5.75 Å². The monoisotopic (exact) mass is 401 g/mol. The fraction of sp³-hybridized carbons (Fsp3) is 0.300. The van der Waals surface area contributed by atoms with Crippen LogP contribution in [0.2, 0.25) is 0 Å². The van der Waals surface area contributed by atoms with Crippen LogP contribution in [0.5, 0.6) is 5.75 Å². The molecule has 0 unspecified atom stereocenters. The molecule has 0 spiro atoms. The minimum atomic E-state index is -3.11. The number of sulfone groups is 1. The van der Waals surface area contributed by atoms with Crippen LogP contribution in [-0.4, -0.2) is 41.8 Å². The first-order valence-corrected chi connectivity index (χ1v) is 10.8. The molecule has 0 fully saturated rings. The quantitative estimate of drug-likeness (QED) is 0.626. The Labute approximate surface area is 164 Å². The number of fused-ring (bicyclic) bond motifs is 1. The van der Waals surface area contributed by atoms with E-state index in [1.165, 1.54) is 0 Å². The number of aryl methyl sites for hydroxylation is 1. The molecular weight excluding hydrogens is 378 g/mol. The number of carbonyl (C=O) groups excluding carboxylic acids is 1. The second kappa shape index (κ2) is 8.43. The zero-order valence-corrected chi connectivity index (χ0v) is 16.7. The van der Waals surface area contributed by atoms with Crippen LogP contribution in [0.1, 0.15) is 28.5 Å². The summed E-state index contributed by atoms with van der Waals surface area (Å²) in [5, 5.41) is 2.62. The largest absolute Gasteiger partial charge is 0.487 e. The number of imidazole rings is 1. The summed E-state index contributed by atoms with van der Waals surface area (Å²) in [6.45, 7) is 3.97. The molecular formula is C20H23N3O4S. The Hall–Kier alpha value is -2.87. The molecule has 1 amide bonds. The lowest BCUT2D eigenvalue weighted by Crippen LogP contribution is -2.29. The van der Waals surface area contributed by atoms with E-state index in [1.54, 1.807) is 31.2 Å². The van der Waals surface area contributed by atoms with Gasteiger partial charge < -0.3 is 14.5 Å². The maximum atomic E-state index is 12.2. The second-order valence-corrected chi connectivity index (χ2v) is 8.99. The van der Waals surface area contributed by atoms with E-state index in [0.29, 0.717) is 11.3 Å². The van der Waals surface area contributed by atoms with Crippen molar-refractivity contribution >= 4 is 21.4 Å². The maximum Gasteiger partial charge on any atom is 0.251 e. The molecule has 0 atom stereocenters. The summed E-state index contributed by atoms with van der Waals surface area (Å²) < 4.78 is 30.7. The zero-order valence-electron chi connectivity index (χ0n) is 15.9. The number of aromatic nitrogens is 2. The Morgan fingerprint density at radius 1 is 1.21 bits per heavy atom. The second-order valence-electron chi connectivity index (χ2n) is 6.51. The minimum absolute atomic E-state index is 0.0643. The highest BCUT2D eigenvalue weighted by molar-refractivity contribution is 7.91. The van der Waals surface area contributed by atoms with Crippen LogP contribution in [0.3, 0.4) is 0 Å². The van der Waals surface area contributed by atoms with Crippen LogP contribution in [0.4, 0.5) is 0 Å². The van der Waals surface area contributed by atoms with Crippen LogP contribution in [-0.2, 0) is 16.4 Å². The number of benzene rings is 1. The van der Waals surface area contributed by atoms with Crippen LogP contribution in [0.25, 0.3) is 5.65 Å². The molecule has 1 aromatic carbocycles. The van der Waals surface area contributed by atoms with Crippen molar-refractivity contribution < 1.29 is 17.9 Å². The minimum Gasteiger partial charge on any atom is -0.487 e. The van der Waals surface area contributed by atoms with Gasteiger partial charge in [-0.1, -0.05) is 19.1 Å². The molecule has 28 heavy (non-hydrogen) atoms. The van der Waals surface area contributed by atoms with Gasteiger partial charge in [-0.15, -0.1) is 0 Å². The first kappa shape index (κ1) is 19.9. The van der Waals surface area contributed by atoms with Crippen molar-refractivity contribution in [2.75, 3.05) is 18.1 Å². The molecule has 0 aliphatic carbocycles. The van der Waals surface area contributed by atoms with Crippen LogP contribution < -0.4 is 10.1 Å². The van der Waals surface area contributed by atoms with Gasteiger partial charge in [-0.3, -0.25) is 4.79 Å². The molecule has 0 radical (unpaired) electrons. The van der Waals surface area contributed by atoms with Crippen LogP contribution >= 0.6 is 0 Å². The molecule has 0 saturated heterocycles. The standard InChI is InChI=1S/C20H23N3O4S/c1-3-28(25,26)10-9-21-20(24)16-5-4-6-18(11-16)27-14-17-13-23-12-15(2)7-8-19(23)22-17/h4-8,11-13H,3,9-10,14H2,1-2H3,(H,21,24). The third-order valence-electron chi connectivity index (χ3n) is 4.27. The van der Waals surface area contributed by atoms with Crippen LogP contribution in [0.15, 0.2) is 48.8 Å². The number of hydrogen-bond acceptors (Lipinski definition) is 5. The molecule has 3 rings (SSSR count). The predicted molar refractivity (Wildman–Crippen MR) is 107 cm³/mol. The van der Waals surface area contributed by atoms with E-state index in [-0.39, 0.29) is 30.6 Å². The van der Waals surface area contributed by atoms with E-state index < -0.39 is 9.84 Å². The number of hydrogen-bond donors (Lipinski definition) is 1. The highest BCUT2D eigenvalue weighted by Crippen LogP contribution is 2.16. The lowest BCUT2D eigenvalue weighted by Gasteiger charge is -2.08. The number of amides is 1. The van der Waals surface area contributed by atoms with Crippen molar-refractivity contribution in [3.63, 3.8) is 0 Å². The summed E-state index contributed by atoms with van der Waals surface area (Å²) in [6, 6.07) is 10.7. The molecule has 0 saturated carbocycles. The molecule has 1 N–H and O–H groups in total. The van der Waals surface area contributed by atoms with Crippen molar-refractivity contribution in [2.45, 2.75) is 20.5 Å². The molecule has 7 nitrogen and oxygen atoms in total. The number of ether oxygens (including phenoxy) is 1. The predicted octanol–water partition coefficient (Wildman–Crippen LogP) is 2.39. The fourth-order valence-corrected chi connectivity index (χ4v) is 3.38. The van der Waals surface area contributed by atoms with Gasteiger partial charge in [0.2, 0.25) is 0 Å². The van der Waals surface area contributed by atoms with E-state index in [1.807, 2.05) is 35.9 Å². The fourth-order valence-electron chi connectivity index (χ4n) is 2.68. The Bertz CT molecular complexity index is 1090. The maximum absolute atomic E-state index is 12.2. The van der Waals surface area contributed by atoms with E-state index in [0.717, 1.165) is 16.9 Å². The highest BCUT2D eigenvalue weighted by atomic mass is 32.2. The number of nitrogens with zero attached hydrogens (tertiary/aromatic N) is 2. The number of pyridine rings is 1. The van der Waals surface area contributed by atoms with Gasteiger partial charge in [0.05, 0.1) is 11.4 Å². The third kappa shape index (κ3) is 5.10. The van der Waals surface area contributed by atoms with Gasteiger partial charge in [0.1, 0.15) is 18.0 Å². The summed E-state index contributed by atoms with van der Waals surface area (Å²) in [7, 11) is -3.11. The molecule has 2 heterocycles. The lowest BCUT2D eigenvalue weighted by atomic mass is 10.2. The van der Waals surface area contributed by atoms with E-state index >= 15 is 0 Å². The summed E-state index contributed by atoms with van der Waals surface area (Å²) in [5.74, 6) is 0.204. The topological polar surface area (TPSA) is 89.8 Å². The van der Waals surface area contributed by atoms with Gasteiger partial charge in [-0.25, -0.2) is 13.4 Å². The Morgan fingerprint density at radius 3 is 2.82 bits per heavy atom. The number of carbonyl (C=O) groups is 1. The van der Waals surface area contributed by atoms with Gasteiger partial charge in [-0.05, 0) is 36.8 Å². The van der Waals surface area contributed by atoms with E-state index in [2.05, 4.69) is 10.3 Å². The number of nitrogens with one attached hydrogen (secondary N) is 1. The van der Waals surface area contributed by atoms with Crippen LogP contribution in [0, 0.1) is 6.92 Å². The van der Waals surface area contributed by atoms with Gasteiger partial charge in [0, 0.05) is 30.3 Å². The van der Waals surface area contributed by atoms with Crippen molar-refractivity contribution in [1.29, 1.82) is 0 Å². The summed E-state index contributed by atoms with van der Waals surface area (Å²) in [5.41, 5.74) is 3.18. The Balaban J connectivity index is 1.60. The average molecular weight is 401 g/mol. The smallest absolute Gasteiger partial charge is 0.251 e. The molecule has 148 valence electrons. The molecule has 3 aromatic rings. The van der Waals surface area contributed by atoms with Crippen molar-refractivity contribution in [2.24, 2.45) is 0 Å². The summed E-state index contributed by atoms with van der Waals surface area (Å²) in [6.07, 6.45) is 3.91. The van der Waals surface area contributed by atoms with E-state index in [9.17, 15) is 13.2 Å². The number of rotatable bonds is 8. The summed E-state index contributed by atoms with van der Waals surface area (Å²) in [4.78, 5) is 16.7. The third-order valence-corrected chi connectivity index (χ3v) is 5.98. The average Bonchev–Trinajstić information content (AvgIpc) is 3.08. The SMILES string of the molecule is CCS(=O)(=O)CCNC(=O)c1cccc(OCc2cn3cc(C)ccc3n2)c1.